The van der Waals surface area contributed by atoms with Crippen molar-refractivity contribution >= 4 is 16.0 Å². The number of carbonyl (C=O) groups excluding carboxylic acids is 1. The Hall–Kier alpha value is -2.45. The molecule has 3 rings (SSSR count). The van der Waals surface area contributed by atoms with Gasteiger partial charge in [-0.3, -0.25) is 0 Å². The van der Waals surface area contributed by atoms with Gasteiger partial charge in [-0.1, -0.05) is 12.1 Å². The summed E-state index contributed by atoms with van der Waals surface area (Å²) >= 11 is 0. The van der Waals surface area contributed by atoms with Gasteiger partial charge in [0.1, 0.15) is 6.61 Å². The van der Waals surface area contributed by atoms with Crippen molar-refractivity contribution in [2.75, 3.05) is 20.2 Å². The molecule has 27 heavy (non-hydrogen) atoms. The molecule has 1 aliphatic rings. The first-order chi connectivity index (χ1) is 12.9. The van der Waals surface area contributed by atoms with Crippen LogP contribution in [0.15, 0.2) is 47.4 Å². The molecule has 1 saturated heterocycles. The predicted molar refractivity (Wildman–Crippen MR) is 96.5 cm³/mol. The smallest absolute Gasteiger partial charge is 0.338 e. The number of methoxy groups -OCH3 is 1. The van der Waals surface area contributed by atoms with Crippen LogP contribution in [0.1, 0.15) is 28.8 Å². The lowest BCUT2D eigenvalue weighted by atomic mass is 10.2. The van der Waals surface area contributed by atoms with Crippen molar-refractivity contribution in [1.29, 1.82) is 0 Å². The molecule has 2 aromatic rings. The highest BCUT2D eigenvalue weighted by atomic mass is 32.2. The van der Waals surface area contributed by atoms with Gasteiger partial charge in [-0.15, -0.1) is 0 Å². The van der Waals surface area contributed by atoms with E-state index in [0.29, 0.717) is 18.7 Å². The fourth-order valence-corrected chi connectivity index (χ4v) is 4.46. The number of carbonyl (C=O) groups is 1. The van der Waals surface area contributed by atoms with Gasteiger partial charge in [0, 0.05) is 13.1 Å². The number of halogens is 1. The van der Waals surface area contributed by atoms with E-state index < -0.39 is 21.8 Å². The number of hydrogen-bond acceptors (Lipinski definition) is 5. The van der Waals surface area contributed by atoms with Gasteiger partial charge in [0.2, 0.25) is 10.0 Å². The summed E-state index contributed by atoms with van der Waals surface area (Å²) in [6.07, 6.45) is 1.67. The molecule has 0 bridgehead atoms. The second-order valence-electron chi connectivity index (χ2n) is 6.18. The molecule has 1 fully saturated rings. The molecule has 0 radical (unpaired) electrons. The Morgan fingerprint density at radius 3 is 2.56 bits per heavy atom. The molecule has 0 spiro atoms. The van der Waals surface area contributed by atoms with Crippen molar-refractivity contribution in [3.05, 3.63) is 59.4 Å². The first-order valence-electron chi connectivity index (χ1n) is 8.51. The number of esters is 1. The first kappa shape index (κ1) is 19.3. The van der Waals surface area contributed by atoms with Gasteiger partial charge in [0.05, 0.1) is 17.6 Å². The Morgan fingerprint density at radius 2 is 1.89 bits per heavy atom. The zero-order chi connectivity index (χ0) is 19.4. The number of sulfonamides is 1. The molecule has 0 saturated carbocycles. The van der Waals surface area contributed by atoms with Crippen LogP contribution in [-0.2, 0) is 21.4 Å². The maximum atomic E-state index is 13.7. The van der Waals surface area contributed by atoms with E-state index in [1.165, 1.54) is 47.8 Å². The highest BCUT2D eigenvalue weighted by molar-refractivity contribution is 7.89. The van der Waals surface area contributed by atoms with Crippen molar-refractivity contribution < 1.29 is 27.1 Å². The van der Waals surface area contributed by atoms with Crippen LogP contribution in [0.3, 0.4) is 0 Å². The Morgan fingerprint density at radius 1 is 1.15 bits per heavy atom. The zero-order valence-electron chi connectivity index (χ0n) is 14.9. The highest BCUT2D eigenvalue weighted by Crippen LogP contribution is 2.22. The van der Waals surface area contributed by atoms with Gasteiger partial charge in [-0.05, 0) is 48.7 Å². The molecule has 0 atom stereocenters. The molecule has 0 aliphatic carbocycles. The summed E-state index contributed by atoms with van der Waals surface area (Å²) in [6, 6.07) is 10.0. The van der Waals surface area contributed by atoms with Crippen LogP contribution >= 0.6 is 0 Å². The largest absolute Gasteiger partial charge is 0.494 e. The van der Waals surface area contributed by atoms with Crippen LogP contribution in [-0.4, -0.2) is 38.9 Å². The Bertz CT molecular complexity index is 939. The third-order valence-corrected chi connectivity index (χ3v) is 6.25. The van der Waals surface area contributed by atoms with Gasteiger partial charge in [0.25, 0.3) is 0 Å². The van der Waals surface area contributed by atoms with Crippen molar-refractivity contribution in [3.8, 4) is 5.75 Å². The maximum Gasteiger partial charge on any atom is 0.338 e. The molecule has 0 unspecified atom stereocenters. The van der Waals surface area contributed by atoms with Crippen molar-refractivity contribution in [3.63, 3.8) is 0 Å². The van der Waals surface area contributed by atoms with Crippen molar-refractivity contribution in [2.24, 2.45) is 0 Å². The van der Waals surface area contributed by atoms with Crippen LogP contribution in [0.5, 0.6) is 5.75 Å². The van der Waals surface area contributed by atoms with E-state index >= 15 is 0 Å². The van der Waals surface area contributed by atoms with E-state index in [2.05, 4.69) is 0 Å². The van der Waals surface area contributed by atoms with E-state index in [1.807, 2.05) is 0 Å². The number of nitrogens with zero attached hydrogens (tertiary/aromatic N) is 1. The minimum Gasteiger partial charge on any atom is -0.494 e. The highest BCUT2D eigenvalue weighted by Gasteiger charge is 2.27. The lowest BCUT2D eigenvalue weighted by Crippen LogP contribution is -2.28. The van der Waals surface area contributed by atoms with E-state index in [9.17, 15) is 17.6 Å². The number of hydrogen-bond donors (Lipinski definition) is 0. The van der Waals surface area contributed by atoms with Crippen molar-refractivity contribution in [1.82, 2.24) is 4.31 Å². The standard InChI is InChI=1S/C19H20FNO5S/c1-25-18-8-7-14(11-17(18)20)13-26-19(22)15-5-4-6-16(12-15)27(23,24)21-9-2-3-10-21/h4-8,11-12H,2-3,9-10,13H2,1H3. The van der Waals surface area contributed by atoms with E-state index in [1.54, 1.807) is 6.07 Å². The van der Waals surface area contributed by atoms with Gasteiger partial charge in [-0.25, -0.2) is 17.6 Å². The lowest BCUT2D eigenvalue weighted by Gasteiger charge is -2.15. The molecule has 6 nitrogen and oxygen atoms in total. The molecule has 144 valence electrons. The second kappa shape index (κ2) is 8.06. The Labute approximate surface area is 157 Å². The summed E-state index contributed by atoms with van der Waals surface area (Å²) in [5.74, 6) is -1.13. The number of rotatable bonds is 6. The molecule has 8 heteroatoms. The average molecular weight is 393 g/mol. The fraction of sp³-hybridized carbons (Fsp3) is 0.316. The van der Waals surface area contributed by atoms with E-state index in [4.69, 9.17) is 9.47 Å². The Kier molecular flexibility index (Phi) is 5.76. The fourth-order valence-electron chi connectivity index (χ4n) is 2.89. The quantitative estimate of drug-likeness (QED) is 0.706. The summed E-state index contributed by atoms with van der Waals surface area (Å²) < 4.78 is 50.3. The Balaban J connectivity index is 1.71. The molecule has 0 N–H and O–H groups in total. The normalized spacial score (nSPS) is 14.9. The van der Waals surface area contributed by atoms with E-state index in [-0.39, 0.29) is 22.8 Å². The van der Waals surface area contributed by atoms with Gasteiger partial charge >= 0.3 is 5.97 Å². The number of ether oxygens (including phenoxy) is 2. The van der Waals surface area contributed by atoms with Crippen molar-refractivity contribution in [2.45, 2.75) is 24.3 Å². The van der Waals surface area contributed by atoms with Crippen LogP contribution in [0, 0.1) is 5.82 Å². The second-order valence-corrected chi connectivity index (χ2v) is 8.12. The molecule has 1 aliphatic heterocycles. The van der Waals surface area contributed by atoms with Gasteiger partial charge in [0.15, 0.2) is 11.6 Å². The summed E-state index contributed by atoms with van der Waals surface area (Å²) in [5, 5.41) is 0. The molecule has 1 heterocycles. The number of benzene rings is 2. The van der Waals surface area contributed by atoms with Crippen LogP contribution in [0.25, 0.3) is 0 Å². The van der Waals surface area contributed by atoms with Gasteiger partial charge in [-0.2, -0.15) is 4.31 Å². The summed E-state index contributed by atoms with van der Waals surface area (Å²) in [5.41, 5.74) is 0.590. The summed E-state index contributed by atoms with van der Waals surface area (Å²) in [7, 11) is -2.25. The van der Waals surface area contributed by atoms with Gasteiger partial charge < -0.3 is 9.47 Å². The molecule has 0 aromatic heterocycles. The van der Waals surface area contributed by atoms with Crippen LogP contribution in [0.4, 0.5) is 4.39 Å². The molecule has 0 amide bonds. The summed E-state index contributed by atoms with van der Waals surface area (Å²) in [4.78, 5) is 12.3. The average Bonchev–Trinajstić information content (AvgIpc) is 3.22. The first-order valence-corrected chi connectivity index (χ1v) is 9.95. The third-order valence-electron chi connectivity index (χ3n) is 4.36. The zero-order valence-corrected chi connectivity index (χ0v) is 15.7. The predicted octanol–water partition coefficient (Wildman–Crippen LogP) is 2.98. The monoisotopic (exact) mass is 393 g/mol. The van der Waals surface area contributed by atoms with Crippen LogP contribution < -0.4 is 4.74 Å². The topological polar surface area (TPSA) is 72.9 Å². The third kappa shape index (κ3) is 4.28. The minimum absolute atomic E-state index is 0.0642. The maximum absolute atomic E-state index is 13.7. The minimum atomic E-state index is -3.61. The summed E-state index contributed by atoms with van der Waals surface area (Å²) in [6.45, 7) is 0.836. The molecular weight excluding hydrogens is 373 g/mol. The SMILES string of the molecule is COc1ccc(COC(=O)c2cccc(S(=O)(=O)N3CCCC3)c2)cc1F. The molecule has 2 aromatic carbocycles. The lowest BCUT2D eigenvalue weighted by molar-refractivity contribution is 0.0472. The van der Waals surface area contributed by atoms with Crippen LogP contribution in [0.2, 0.25) is 0 Å². The van der Waals surface area contributed by atoms with E-state index in [0.717, 1.165) is 12.8 Å². The molecular formula is C19H20FNO5S.